The van der Waals surface area contributed by atoms with Crippen molar-refractivity contribution in [3.05, 3.63) is 70.6 Å². The van der Waals surface area contributed by atoms with E-state index in [1.165, 1.54) is 10.5 Å². The van der Waals surface area contributed by atoms with Crippen LogP contribution in [0.15, 0.2) is 59.5 Å². The number of hydrogen-bond acceptors (Lipinski definition) is 5. The molecule has 1 aliphatic heterocycles. The molecular formula is C21H19NO5S. The summed E-state index contributed by atoms with van der Waals surface area (Å²) in [6.45, 7) is -0.0277. The summed E-state index contributed by atoms with van der Waals surface area (Å²) in [5.41, 5.74) is 1.91. The van der Waals surface area contributed by atoms with Crippen LogP contribution >= 0.6 is 11.8 Å². The van der Waals surface area contributed by atoms with Crippen molar-refractivity contribution in [2.45, 2.75) is 12.8 Å². The minimum atomic E-state index is -1.05. The minimum Gasteiger partial charge on any atom is -0.482 e. The van der Waals surface area contributed by atoms with Crippen molar-refractivity contribution in [1.29, 1.82) is 0 Å². The molecule has 1 aliphatic rings. The lowest BCUT2D eigenvalue weighted by Crippen LogP contribution is -2.29. The number of carbonyl (C=O) groups is 3. The molecule has 6 nitrogen and oxygen atoms in total. The lowest BCUT2D eigenvalue weighted by Gasteiger charge is -2.12. The van der Waals surface area contributed by atoms with Gasteiger partial charge in [0.2, 0.25) is 0 Å². The number of ether oxygens (including phenoxy) is 1. The molecule has 28 heavy (non-hydrogen) atoms. The van der Waals surface area contributed by atoms with Crippen LogP contribution in [-0.2, 0) is 16.0 Å². The van der Waals surface area contributed by atoms with Crippen LogP contribution in [0.5, 0.6) is 5.75 Å². The fourth-order valence-corrected chi connectivity index (χ4v) is 3.60. The number of amides is 2. The monoisotopic (exact) mass is 397 g/mol. The van der Waals surface area contributed by atoms with Crippen molar-refractivity contribution in [2.75, 3.05) is 13.2 Å². The molecule has 1 heterocycles. The van der Waals surface area contributed by atoms with Gasteiger partial charge in [0, 0.05) is 6.54 Å². The van der Waals surface area contributed by atoms with Crippen molar-refractivity contribution >= 4 is 35.0 Å². The zero-order valence-electron chi connectivity index (χ0n) is 15.0. The first-order valence-electron chi connectivity index (χ1n) is 8.77. The third-order valence-corrected chi connectivity index (χ3v) is 5.01. The number of carbonyl (C=O) groups excluding carboxylic acids is 2. The number of benzene rings is 2. The van der Waals surface area contributed by atoms with Crippen LogP contribution < -0.4 is 4.74 Å². The number of aliphatic carboxylic acids is 1. The Bertz CT molecular complexity index is 893. The molecule has 0 atom stereocenters. The average Bonchev–Trinajstić information content (AvgIpc) is 2.95. The number of imide groups is 1. The Balaban J connectivity index is 1.58. The standard InChI is InChI=1S/C21H19NO5S/c23-19(24)14-27-17-10-8-16(9-11-17)13-18-20(25)22(21(26)28-18)12-4-7-15-5-2-1-3-6-15/h1-3,5-6,8-11,13H,4,7,12,14H2,(H,23,24)/b18-13-. The van der Waals surface area contributed by atoms with Gasteiger partial charge in [-0.3, -0.25) is 14.5 Å². The number of thioether (sulfide) groups is 1. The van der Waals surface area contributed by atoms with Crippen molar-refractivity contribution in [3.8, 4) is 5.75 Å². The molecule has 7 heteroatoms. The second-order valence-corrected chi connectivity index (χ2v) is 7.17. The Labute approximate surface area is 166 Å². The Morgan fingerprint density at radius 1 is 1.07 bits per heavy atom. The fraction of sp³-hybridized carbons (Fsp3) is 0.190. The number of rotatable bonds is 8. The maximum absolute atomic E-state index is 12.5. The first-order chi connectivity index (χ1) is 13.5. The van der Waals surface area contributed by atoms with E-state index in [9.17, 15) is 14.4 Å². The van der Waals surface area contributed by atoms with E-state index < -0.39 is 12.6 Å². The second-order valence-electron chi connectivity index (χ2n) is 6.17. The smallest absolute Gasteiger partial charge is 0.341 e. The van der Waals surface area contributed by atoms with Crippen molar-refractivity contribution < 1.29 is 24.2 Å². The molecule has 2 aromatic carbocycles. The molecular weight excluding hydrogens is 378 g/mol. The van der Waals surface area contributed by atoms with Gasteiger partial charge < -0.3 is 9.84 Å². The molecule has 144 valence electrons. The van der Waals surface area contributed by atoms with Gasteiger partial charge in [0.25, 0.3) is 11.1 Å². The van der Waals surface area contributed by atoms with Crippen LogP contribution in [0.25, 0.3) is 6.08 Å². The van der Waals surface area contributed by atoms with Crippen molar-refractivity contribution in [2.24, 2.45) is 0 Å². The quantitative estimate of drug-likeness (QED) is 0.682. The van der Waals surface area contributed by atoms with Crippen LogP contribution in [0.2, 0.25) is 0 Å². The first-order valence-corrected chi connectivity index (χ1v) is 9.58. The van der Waals surface area contributed by atoms with E-state index in [1.807, 2.05) is 30.3 Å². The SMILES string of the molecule is O=C(O)COc1ccc(/C=C2\SC(=O)N(CCCc3ccccc3)C2=O)cc1. The predicted octanol–water partition coefficient (Wildman–Crippen LogP) is 3.82. The van der Waals surface area contributed by atoms with E-state index in [0.29, 0.717) is 23.6 Å². The number of nitrogens with zero attached hydrogens (tertiary/aromatic N) is 1. The van der Waals surface area contributed by atoms with Crippen LogP contribution in [-0.4, -0.2) is 40.3 Å². The summed E-state index contributed by atoms with van der Waals surface area (Å²) in [6.07, 6.45) is 3.17. The molecule has 3 rings (SSSR count). The molecule has 1 N–H and O–H groups in total. The molecule has 1 fully saturated rings. The van der Waals surface area contributed by atoms with Gasteiger partial charge in [0.1, 0.15) is 5.75 Å². The van der Waals surface area contributed by atoms with E-state index in [4.69, 9.17) is 9.84 Å². The van der Waals surface area contributed by atoms with E-state index in [0.717, 1.165) is 23.7 Å². The molecule has 0 aliphatic carbocycles. The molecule has 0 unspecified atom stereocenters. The van der Waals surface area contributed by atoms with Gasteiger partial charge in [-0.15, -0.1) is 0 Å². The number of hydrogen-bond donors (Lipinski definition) is 1. The maximum Gasteiger partial charge on any atom is 0.341 e. The lowest BCUT2D eigenvalue weighted by atomic mass is 10.1. The first kappa shape index (κ1) is 19.7. The Hall–Kier alpha value is -3.06. The summed E-state index contributed by atoms with van der Waals surface area (Å²) in [7, 11) is 0. The van der Waals surface area contributed by atoms with E-state index in [1.54, 1.807) is 30.3 Å². The highest BCUT2D eigenvalue weighted by Crippen LogP contribution is 2.32. The Kier molecular flexibility index (Phi) is 6.49. The summed E-state index contributed by atoms with van der Waals surface area (Å²) in [5.74, 6) is -0.909. The molecule has 0 aromatic heterocycles. The van der Waals surface area contributed by atoms with Crippen molar-refractivity contribution in [1.82, 2.24) is 4.90 Å². The summed E-state index contributed by atoms with van der Waals surface area (Å²) in [5, 5.41) is 8.35. The van der Waals surface area contributed by atoms with Gasteiger partial charge >= 0.3 is 5.97 Å². The van der Waals surface area contributed by atoms with Crippen LogP contribution in [0.1, 0.15) is 17.5 Å². The summed E-state index contributed by atoms with van der Waals surface area (Å²) in [6, 6.07) is 16.6. The average molecular weight is 397 g/mol. The highest BCUT2D eigenvalue weighted by atomic mass is 32.2. The number of carboxylic acids is 1. The van der Waals surface area contributed by atoms with Gasteiger partial charge in [-0.2, -0.15) is 0 Å². The zero-order valence-corrected chi connectivity index (χ0v) is 15.9. The molecule has 0 saturated carbocycles. The zero-order chi connectivity index (χ0) is 19.9. The van der Waals surface area contributed by atoms with Crippen LogP contribution in [0.4, 0.5) is 4.79 Å². The van der Waals surface area contributed by atoms with Crippen LogP contribution in [0, 0.1) is 0 Å². The topological polar surface area (TPSA) is 83.9 Å². The van der Waals surface area contributed by atoms with Gasteiger partial charge in [-0.25, -0.2) is 4.79 Å². The second kappa shape index (κ2) is 9.23. The van der Waals surface area contributed by atoms with Gasteiger partial charge in [-0.05, 0) is 53.9 Å². The van der Waals surface area contributed by atoms with Gasteiger partial charge in [0.15, 0.2) is 6.61 Å². The third-order valence-electron chi connectivity index (χ3n) is 4.10. The summed E-state index contributed by atoms with van der Waals surface area (Å²) < 4.78 is 5.07. The molecule has 2 amide bonds. The highest BCUT2D eigenvalue weighted by molar-refractivity contribution is 8.18. The normalized spacial score (nSPS) is 15.3. The van der Waals surface area contributed by atoms with Crippen molar-refractivity contribution in [3.63, 3.8) is 0 Å². The van der Waals surface area contributed by atoms with E-state index in [-0.39, 0.29) is 11.1 Å². The highest BCUT2D eigenvalue weighted by Gasteiger charge is 2.34. The Morgan fingerprint density at radius 3 is 2.46 bits per heavy atom. The summed E-state index contributed by atoms with van der Waals surface area (Å²) in [4.78, 5) is 36.9. The van der Waals surface area contributed by atoms with E-state index in [2.05, 4.69) is 0 Å². The molecule has 0 radical (unpaired) electrons. The molecule has 2 aromatic rings. The predicted molar refractivity (Wildman–Crippen MR) is 107 cm³/mol. The van der Waals surface area contributed by atoms with E-state index >= 15 is 0 Å². The van der Waals surface area contributed by atoms with Gasteiger partial charge in [0.05, 0.1) is 4.91 Å². The molecule has 0 spiro atoms. The van der Waals surface area contributed by atoms with Crippen LogP contribution in [0.3, 0.4) is 0 Å². The Morgan fingerprint density at radius 2 is 1.79 bits per heavy atom. The number of carboxylic acid groups (broad SMARTS) is 1. The van der Waals surface area contributed by atoms with Gasteiger partial charge in [-0.1, -0.05) is 42.5 Å². The lowest BCUT2D eigenvalue weighted by molar-refractivity contribution is -0.139. The fourth-order valence-electron chi connectivity index (χ4n) is 2.74. The largest absolute Gasteiger partial charge is 0.482 e. The molecule has 0 bridgehead atoms. The number of aryl methyl sites for hydroxylation is 1. The minimum absolute atomic E-state index is 0.259. The maximum atomic E-state index is 12.5. The summed E-state index contributed by atoms with van der Waals surface area (Å²) >= 11 is 0.931. The molecule has 1 saturated heterocycles. The third kappa shape index (κ3) is 5.23.